The first-order valence-electron chi connectivity index (χ1n) is 21.6. The summed E-state index contributed by atoms with van der Waals surface area (Å²) >= 11 is 0. The highest BCUT2D eigenvalue weighted by Crippen LogP contribution is 2.63. The zero-order valence-electron chi connectivity index (χ0n) is 34.1. The summed E-state index contributed by atoms with van der Waals surface area (Å²) in [6.45, 7) is 0. The van der Waals surface area contributed by atoms with Crippen molar-refractivity contribution in [1.29, 1.82) is 0 Å². The van der Waals surface area contributed by atoms with Crippen molar-refractivity contribution in [1.82, 2.24) is 15.0 Å². The maximum atomic E-state index is 7.10. The first kappa shape index (κ1) is 35.6. The Hall–Kier alpha value is -8.15. The quantitative estimate of drug-likeness (QED) is 0.173. The molecule has 10 aromatic rings. The van der Waals surface area contributed by atoms with Crippen LogP contribution in [0, 0.1) is 0 Å². The average molecular weight is 808 g/mol. The summed E-state index contributed by atoms with van der Waals surface area (Å²) in [5.74, 6) is 3.54. The third-order valence-corrected chi connectivity index (χ3v) is 13.1. The summed E-state index contributed by atoms with van der Waals surface area (Å²) in [5, 5.41) is 2.22. The molecule has 63 heavy (non-hydrogen) atoms. The van der Waals surface area contributed by atoms with Gasteiger partial charge in [0.05, 0.1) is 5.41 Å². The topological polar surface area (TPSA) is 61.0 Å². The molecule has 0 N–H and O–H groups in total. The van der Waals surface area contributed by atoms with Crippen molar-refractivity contribution >= 4 is 27.5 Å². The smallest absolute Gasteiger partial charge is 0.164 e. The summed E-state index contributed by atoms with van der Waals surface area (Å²) < 4.78 is 13.5. The van der Waals surface area contributed by atoms with E-state index in [1.807, 2.05) is 12.1 Å². The maximum absolute atomic E-state index is 7.10. The lowest BCUT2D eigenvalue weighted by Gasteiger charge is -2.40. The van der Waals surface area contributed by atoms with Crippen LogP contribution in [-0.2, 0) is 5.41 Å². The first-order valence-corrected chi connectivity index (χ1v) is 21.6. The number of hydrogen-bond acceptors (Lipinski definition) is 5. The van der Waals surface area contributed by atoms with Crippen LogP contribution in [0.2, 0.25) is 0 Å². The molecule has 2 aliphatic carbocycles. The van der Waals surface area contributed by atoms with Crippen LogP contribution in [0.25, 0.3) is 83.7 Å². The summed E-state index contributed by atoms with van der Waals surface area (Å²) in [6, 6.07) is 64.2. The summed E-state index contributed by atoms with van der Waals surface area (Å²) in [4.78, 5) is 15.7. The lowest BCUT2D eigenvalue weighted by atomic mass is 9.65. The normalized spacial score (nSPS) is 14.2. The lowest BCUT2D eigenvalue weighted by Crippen LogP contribution is -2.32. The molecule has 0 radical (unpaired) electrons. The molecule has 2 aromatic heterocycles. The van der Waals surface area contributed by atoms with E-state index < -0.39 is 5.41 Å². The van der Waals surface area contributed by atoms with Gasteiger partial charge in [-0.15, -0.1) is 0 Å². The van der Waals surface area contributed by atoms with Gasteiger partial charge in [-0.25, -0.2) is 15.0 Å². The van der Waals surface area contributed by atoms with Crippen molar-refractivity contribution in [3.8, 4) is 67.7 Å². The molecule has 0 unspecified atom stereocenters. The Kier molecular flexibility index (Phi) is 7.88. The van der Waals surface area contributed by atoms with Gasteiger partial charge in [-0.05, 0) is 58.4 Å². The molecule has 5 nitrogen and oxygen atoms in total. The van der Waals surface area contributed by atoms with Gasteiger partial charge < -0.3 is 9.15 Å². The number of hydrogen-bond donors (Lipinski definition) is 0. The van der Waals surface area contributed by atoms with Crippen molar-refractivity contribution in [2.75, 3.05) is 0 Å². The van der Waals surface area contributed by atoms with E-state index in [0.29, 0.717) is 17.5 Å². The molecular formula is C58H37N3O2. The highest BCUT2D eigenvalue weighted by atomic mass is 16.5. The molecule has 3 aliphatic rings. The van der Waals surface area contributed by atoms with Crippen molar-refractivity contribution in [2.45, 2.75) is 18.3 Å². The highest BCUT2D eigenvalue weighted by Gasteiger charge is 2.51. The van der Waals surface area contributed by atoms with Crippen LogP contribution in [0.1, 0.15) is 40.9 Å². The Morgan fingerprint density at radius 2 is 1.00 bits per heavy atom. The van der Waals surface area contributed by atoms with E-state index in [1.54, 1.807) is 0 Å². The van der Waals surface area contributed by atoms with Crippen LogP contribution in [0.3, 0.4) is 0 Å². The fourth-order valence-corrected chi connectivity index (χ4v) is 10.3. The molecule has 3 heterocycles. The molecule has 13 rings (SSSR count). The Labute approximate surface area is 364 Å². The van der Waals surface area contributed by atoms with E-state index in [-0.39, 0.29) is 0 Å². The largest absolute Gasteiger partial charge is 0.456 e. The van der Waals surface area contributed by atoms with Gasteiger partial charge in [0.2, 0.25) is 0 Å². The van der Waals surface area contributed by atoms with E-state index in [2.05, 4.69) is 188 Å². The van der Waals surface area contributed by atoms with Crippen molar-refractivity contribution < 1.29 is 9.15 Å². The SMILES string of the molecule is C1=CC(c2nc(-c3ccc(-c4cccc5c4oc4ccccc45)cc3)nc(-c3ccccc3-c3cccc4c3Oc3ccccc3C43c4ccccc4-c4ccccc43)n2)=CCC1. The van der Waals surface area contributed by atoms with E-state index >= 15 is 0 Å². The predicted molar refractivity (Wildman–Crippen MR) is 253 cm³/mol. The molecule has 0 bridgehead atoms. The van der Waals surface area contributed by atoms with Crippen LogP contribution >= 0.6 is 0 Å². The second-order valence-electron chi connectivity index (χ2n) is 16.5. The zero-order valence-corrected chi connectivity index (χ0v) is 34.1. The third-order valence-electron chi connectivity index (χ3n) is 13.1. The van der Waals surface area contributed by atoms with E-state index in [9.17, 15) is 0 Å². The van der Waals surface area contributed by atoms with Crippen molar-refractivity contribution in [3.63, 3.8) is 0 Å². The second-order valence-corrected chi connectivity index (χ2v) is 16.5. The number of nitrogens with zero attached hydrogens (tertiary/aromatic N) is 3. The van der Waals surface area contributed by atoms with Crippen LogP contribution in [-0.4, -0.2) is 15.0 Å². The van der Waals surface area contributed by atoms with Gasteiger partial charge >= 0.3 is 0 Å². The molecule has 0 saturated heterocycles. The number of aromatic nitrogens is 3. The molecule has 0 saturated carbocycles. The Bertz CT molecular complexity index is 3510. The first-order chi connectivity index (χ1) is 31.2. The van der Waals surface area contributed by atoms with Gasteiger partial charge in [-0.2, -0.15) is 0 Å². The molecule has 1 aliphatic heterocycles. The van der Waals surface area contributed by atoms with Gasteiger partial charge in [0.25, 0.3) is 0 Å². The Balaban J connectivity index is 0.975. The monoisotopic (exact) mass is 807 g/mol. The molecular weight excluding hydrogens is 771 g/mol. The van der Waals surface area contributed by atoms with Gasteiger partial charge in [0.15, 0.2) is 17.5 Å². The van der Waals surface area contributed by atoms with Crippen LogP contribution < -0.4 is 4.74 Å². The van der Waals surface area contributed by atoms with Crippen LogP contribution in [0.4, 0.5) is 0 Å². The third kappa shape index (κ3) is 5.33. The van der Waals surface area contributed by atoms with Crippen molar-refractivity contribution in [3.05, 3.63) is 228 Å². The molecule has 296 valence electrons. The minimum atomic E-state index is -0.572. The standard InChI is InChI=1S/C58H37N3O2/c1-2-16-37(17-3-1)55-59-56(38-34-32-36(33-35-38)39-23-14-24-45-43-21-8-12-30-51(43)62-53(39)45)61-57(60-55)46-22-5-4-18-40(46)44-25-15-29-50-54(44)63-52-31-13-11-28-49(52)58(50)47-26-9-6-19-41(47)42-20-7-10-27-48(42)58/h2,4-35H,1,3H2. The highest BCUT2D eigenvalue weighted by molar-refractivity contribution is 6.09. The Morgan fingerprint density at radius 3 is 1.79 bits per heavy atom. The molecule has 5 heteroatoms. The lowest BCUT2D eigenvalue weighted by molar-refractivity contribution is 0.438. The van der Waals surface area contributed by atoms with Crippen LogP contribution in [0.15, 0.2) is 205 Å². The number of para-hydroxylation sites is 4. The Morgan fingerprint density at radius 1 is 0.413 bits per heavy atom. The number of furan rings is 1. The van der Waals surface area contributed by atoms with Gasteiger partial charge in [-0.3, -0.25) is 0 Å². The van der Waals surface area contributed by atoms with Gasteiger partial charge in [0.1, 0.15) is 22.7 Å². The van der Waals surface area contributed by atoms with Gasteiger partial charge in [-0.1, -0.05) is 188 Å². The fourth-order valence-electron chi connectivity index (χ4n) is 10.3. The molecule has 1 spiro atoms. The van der Waals surface area contributed by atoms with E-state index in [4.69, 9.17) is 24.1 Å². The summed E-state index contributed by atoms with van der Waals surface area (Å²) in [6.07, 6.45) is 8.48. The summed E-state index contributed by atoms with van der Waals surface area (Å²) in [7, 11) is 0. The number of benzene rings is 8. The zero-order chi connectivity index (χ0) is 41.5. The number of fused-ring (bicyclic) bond motifs is 12. The molecule has 0 fully saturated rings. The number of allylic oxidation sites excluding steroid dienone is 4. The molecule has 0 amide bonds. The average Bonchev–Trinajstić information content (AvgIpc) is 3.88. The number of ether oxygens (including phenoxy) is 1. The fraction of sp³-hybridized carbons (Fsp3) is 0.0517. The van der Waals surface area contributed by atoms with Crippen LogP contribution in [0.5, 0.6) is 11.5 Å². The predicted octanol–water partition coefficient (Wildman–Crippen LogP) is 14.6. The second kappa shape index (κ2) is 13.9. The van der Waals surface area contributed by atoms with Crippen molar-refractivity contribution in [2.24, 2.45) is 0 Å². The summed E-state index contributed by atoms with van der Waals surface area (Å²) in [5.41, 5.74) is 15.3. The minimum Gasteiger partial charge on any atom is -0.456 e. The van der Waals surface area contributed by atoms with E-state index in [1.165, 1.54) is 22.3 Å². The van der Waals surface area contributed by atoms with E-state index in [0.717, 1.165) is 96.4 Å². The molecule has 8 aromatic carbocycles. The van der Waals surface area contributed by atoms with Gasteiger partial charge in [0, 0.05) is 49.7 Å². The number of rotatable bonds is 5. The molecule has 0 atom stereocenters. The maximum Gasteiger partial charge on any atom is 0.164 e. The minimum absolute atomic E-state index is 0.572.